The largest absolute Gasteiger partial charge is 0.343 e. The summed E-state index contributed by atoms with van der Waals surface area (Å²) >= 11 is 13.2. The monoisotopic (exact) mass is 279 g/mol. The lowest BCUT2D eigenvalue weighted by molar-refractivity contribution is 0.0917. The molecule has 0 aliphatic carbocycles. The van der Waals surface area contributed by atoms with Gasteiger partial charge in [0.05, 0.1) is 10.4 Å². The zero-order chi connectivity index (χ0) is 12.2. The first-order valence-electron chi connectivity index (χ1n) is 5.07. The van der Waals surface area contributed by atoms with Crippen LogP contribution in [0.5, 0.6) is 0 Å². The van der Waals surface area contributed by atoms with Crippen molar-refractivity contribution in [3.05, 3.63) is 21.9 Å². The van der Waals surface area contributed by atoms with E-state index in [0.29, 0.717) is 11.8 Å². The Labute approximate surface area is 110 Å². The van der Waals surface area contributed by atoms with E-state index in [1.807, 2.05) is 25.3 Å². The molecule has 0 aliphatic rings. The Bertz CT molecular complexity index is 352. The molecule has 0 aromatic carbocycles. The van der Waals surface area contributed by atoms with Gasteiger partial charge in [0, 0.05) is 11.8 Å². The van der Waals surface area contributed by atoms with E-state index < -0.39 is 5.54 Å². The topological polar surface area (TPSA) is 29.1 Å². The van der Waals surface area contributed by atoms with Crippen molar-refractivity contribution >= 4 is 40.4 Å². The predicted molar refractivity (Wildman–Crippen MR) is 71.0 cm³/mol. The molecule has 2 nitrogen and oxygen atoms in total. The molecule has 0 bridgehead atoms. The summed E-state index contributed by atoms with van der Waals surface area (Å²) in [4.78, 5) is 12.7. The highest BCUT2D eigenvalue weighted by molar-refractivity contribution is 7.12. The summed E-state index contributed by atoms with van der Waals surface area (Å²) in [6, 6.07) is 1.93. The molecular formula is C11H15Cl2NOS. The Balaban J connectivity index is 2.81. The fourth-order valence-corrected chi connectivity index (χ4v) is 2.90. The average Bonchev–Trinajstić information content (AvgIpc) is 2.72. The van der Waals surface area contributed by atoms with Gasteiger partial charge in [0.2, 0.25) is 0 Å². The highest BCUT2D eigenvalue weighted by Crippen LogP contribution is 2.19. The molecule has 5 heteroatoms. The van der Waals surface area contributed by atoms with Crippen molar-refractivity contribution in [2.75, 3.05) is 11.8 Å². The first kappa shape index (κ1) is 13.8. The molecule has 1 rings (SSSR count). The number of alkyl halides is 2. The van der Waals surface area contributed by atoms with Crippen LogP contribution in [0.4, 0.5) is 0 Å². The van der Waals surface area contributed by atoms with Crippen LogP contribution in [-0.2, 0) is 0 Å². The van der Waals surface area contributed by atoms with Crippen LogP contribution < -0.4 is 5.32 Å². The number of amides is 1. The van der Waals surface area contributed by atoms with Gasteiger partial charge < -0.3 is 5.32 Å². The van der Waals surface area contributed by atoms with Crippen LogP contribution in [0.2, 0.25) is 0 Å². The van der Waals surface area contributed by atoms with Crippen LogP contribution in [0.25, 0.3) is 0 Å². The van der Waals surface area contributed by atoms with Crippen LogP contribution in [0.3, 0.4) is 0 Å². The van der Waals surface area contributed by atoms with Crippen molar-refractivity contribution < 1.29 is 4.79 Å². The Morgan fingerprint density at radius 1 is 1.50 bits per heavy atom. The maximum atomic E-state index is 12.0. The summed E-state index contributed by atoms with van der Waals surface area (Å²) in [5.74, 6) is 0.558. The molecule has 0 fully saturated rings. The third-order valence-electron chi connectivity index (χ3n) is 2.64. The van der Waals surface area contributed by atoms with Gasteiger partial charge in [0.15, 0.2) is 0 Å². The SMILES string of the molecule is CCC(CCl)(CCl)NC(=O)c1sccc1C. The molecule has 1 aromatic heterocycles. The first-order chi connectivity index (χ1) is 7.58. The molecule has 0 saturated carbocycles. The minimum atomic E-state index is -0.503. The number of rotatable bonds is 5. The number of carbonyl (C=O) groups is 1. The molecule has 0 unspecified atom stereocenters. The van der Waals surface area contributed by atoms with Gasteiger partial charge in [-0.05, 0) is 30.4 Å². The lowest BCUT2D eigenvalue weighted by Crippen LogP contribution is -2.51. The number of carbonyl (C=O) groups excluding carboxylic acids is 1. The third-order valence-corrected chi connectivity index (χ3v) is 4.67. The number of halogens is 2. The van der Waals surface area contributed by atoms with Gasteiger partial charge in [0.1, 0.15) is 0 Å². The second-order valence-electron chi connectivity index (χ2n) is 3.79. The standard InChI is InChI=1S/C11H15Cl2NOS/c1-3-11(6-12,7-13)14-10(15)9-8(2)4-5-16-9/h4-5H,3,6-7H2,1-2H3,(H,14,15). The van der Waals surface area contributed by atoms with Crippen LogP contribution >= 0.6 is 34.5 Å². The maximum absolute atomic E-state index is 12.0. The van der Waals surface area contributed by atoms with E-state index in [1.165, 1.54) is 11.3 Å². The van der Waals surface area contributed by atoms with Crippen LogP contribution in [0.15, 0.2) is 11.4 Å². The van der Waals surface area contributed by atoms with Gasteiger partial charge in [-0.3, -0.25) is 4.79 Å². The van der Waals surface area contributed by atoms with E-state index in [9.17, 15) is 4.79 Å². The summed E-state index contributed by atoms with van der Waals surface area (Å²) in [5.41, 5.74) is 0.480. The minimum Gasteiger partial charge on any atom is -0.343 e. The van der Waals surface area contributed by atoms with E-state index in [4.69, 9.17) is 23.2 Å². The summed E-state index contributed by atoms with van der Waals surface area (Å²) in [5, 5.41) is 4.83. The van der Waals surface area contributed by atoms with Crippen molar-refractivity contribution in [3.8, 4) is 0 Å². The van der Waals surface area contributed by atoms with Gasteiger partial charge in [0.25, 0.3) is 5.91 Å². The molecule has 1 N–H and O–H groups in total. The van der Waals surface area contributed by atoms with Crippen molar-refractivity contribution in [3.63, 3.8) is 0 Å². The molecule has 1 amide bonds. The average molecular weight is 280 g/mol. The molecule has 90 valence electrons. The lowest BCUT2D eigenvalue weighted by atomic mass is 10.0. The number of hydrogen-bond acceptors (Lipinski definition) is 2. The molecule has 0 aliphatic heterocycles. The summed E-state index contributed by atoms with van der Waals surface area (Å²) in [6.07, 6.45) is 0.718. The van der Waals surface area contributed by atoms with Gasteiger partial charge in [-0.25, -0.2) is 0 Å². The second kappa shape index (κ2) is 5.89. The second-order valence-corrected chi connectivity index (χ2v) is 5.24. The summed E-state index contributed by atoms with van der Waals surface area (Å²) in [6.45, 7) is 3.88. The van der Waals surface area contributed by atoms with E-state index in [2.05, 4.69) is 5.32 Å². The normalized spacial score (nSPS) is 11.5. The van der Waals surface area contributed by atoms with E-state index >= 15 is 0 Å². The van der Waals surface area contributed by atoms with E-state index in [-0.39, 0.29) is 5.91 Å². The maximum Gasteiger partial charge on any atom is 0.262 e. The number of hydrogen-bond donors (Lipinski definition) is 1. The first-order valence-corrected chi connectivity index (χ1v) is 7.02. The van der Waals surface area contributed by atoms with Gasteiger partial charge in [-0.1, -0.05) is 6.92 Å². The van der Waals surface area contributed by atoms with Gasteiger partial charge in [-0.2, -0.15) is 0 Å². The molecule has 0 atom stereocenters. The molecule has 1 heterocycles. The fraction of sp³-hybridized carbons (Fsp3) is 0.545. The Hall–Kier alpha value is -0.250. The minimum absolute atomic E-state index is 0.0874. The fourth-order valence-electron chi connectivity index (χ4n) is 1.28. The van der Waals surface area contributed by atoms with Crippen molar-refractivity contribution in [1.29, 1.82) is 0 Å². The highest BCUT2D eigenvalue weighted by atomic mass is 35.5. The van der Waals surface area contributed by atoms with Crippen LogP contribution in [0, 0.1) is 6.92 Å². The Kier molecular flexibility index (Phi) is 5.09. The Morgan fingerprint density at radius 3 is 2.50 bits per heavy atom. The summed E-state index contributed by atoms with van der Waals surface area (Å²) < 4.78 is 0. The molecule has 16 heavy (non-hydrogen) atoms. The number of aryl methyl sites for hydroxylation is 1. The Morgan fingerprint density at radius 2 is 2.12 bits per heavy atom. The quantitative estimate of drug-likeness (QED) is 0.823. The molecule has 1 aromatic rings. The van der Waals surface area contributed by atoms with Gasteiger partial charge in [-0.15, -0.1) is 34.5 Å². The molecule has 0 radical (unpaired) electrons. The van der Waals surface area contributed by atoms with Crippen molar-refractivity contribution in [1.82, 2.24) is 5.32 Å². The number of thiophene rings is 1. The van der Waals surface area contributed by atoms with Crippen molar-refractivity contribution in [2.24, 2.45) is 0 Å². The van der Waals surface area contributed by atoms with Crippen molar-refractivity contribution in [2.45, 2.75) is 25.8 Å². The summed E-state index contributed by atoms with van der Waals surface area (Å²) in [7, 11) is 0. The third kappa shape index (κ3) is 2.90. The zero-order valence-corrected chi connectivity index (χ0v) is 11.7. The lowest BCUT2D eigenvalue weighted by Gasteiger charge is -2.29. The highest BCUT2D eigenvalue weighted by Gasteiger charge is 2.29. The van der Waals surface area contributed by atoms with Crippen LogP contribution in [-0.4, -0.2) is 23.2 Å². The predicted octanol–water partition coefficient (Wildman–Crippen LogP) is 3.41. The van der Waals surface area contributed by atoms with E-state index in [0.717, 1.165) is 16.9 Å². The smallest absolute Gasteiger partial charge is 0.262 e. The van der Waals surface area contributed by atoms with Gasteiger partial charge >= 0.3 is 0 Å². The molecule has 0 saturated heterocycles. The molecular weight excluding hydrogens is 265 g/mol. The van der Waals surface area contributed by atoms with Crippen LogP contribution in [0.1, 0.15) is 28.6 Å². The van der Waals surface area contributed by atoms with E-state index in [1.54, 1.807) is 0 Å². The number of nitrogens with one attached hydrogen (secondary N) is 1. The molecule has 0 spiro atoms. The zero-order valence-electron chi connectivity index (χ0n) is 9.35.